The lowest BCUT2D eigenvalue weighted by atomic mass is 9.77. The van der Waals surface area contributed by atoms with Crippen molar-refractivity contribution >= 4 is 9.84 Å². The van der Waals surface area contributed by atoms with E-state index in [4.69, 9.17) is 4.74 Å². The van der Waals surface area contributed by atoms with Gasteiger partial charge in [0.2, 0.25) is 0 Å². The van der Waals surface area contributed by atoms with Gasteiger partial charge in [-0.2, -0.15) is 0 Å². The van der Waals surface area contributed by atoms with Crippen molar-refractivity contribution in [1.82, 2.24) is 9.80 Å². The summed E-state index contributed by atoms with van der Waals surface area (Å²) in [5.74, 6) is 1.20. The number of ether oxygens (including phenoxy) is 1. The van der Waals surface area contributed by atoms with E-state index in [0.717, 1.165) is 52.2 Å². The van der Waals surface area contributed by atoms with E-state index in [9.17, 15) is 13.5 Å². The fourth-order valence-electron chi connectivity index (χ4n) is 4.98. The van der Waals surface area contributed by atoms with Crippen molar-refractivity contribution in [2.75, 3.05) is 51.7 Å². The number of aliphatic hydroxyl groups is 1. The Labute approximate surface area is 162 Å². The summed E-state index contributed by atoms with van der Waals surface area (Å²) >= 11 is 0. The minimum absolute atomic E-state index is 0.159. The molecule has 1 saturated carbocycles. The second-order valence-corrected chi connectivity index (χ2v) is 10.3. The monoisotopic (exact) mass is 394 g/mol. The fourth-order valence-corrected chi connectivity index (χ4v) is 6.29. The Morgan fingerprint density at radius 2 is 1.70 bits per heavy atom. The second kappa shape index (κ2) is 8.17. The smallest absolute Gasteiger partial charge is 0.179 e. The Balaban J connectivity index is 1.33. The highest BCUT2D eigenvalue weighted by Gasteiger charge is 2.43. The van der Waals surface area contributed by atoms with Gasteiger partial charge < -0.3 is 14.7 Å². The molecular weight excluding hydrogens is 364 g/mol. The lowest BCUT2D eigenvalue weighted by molar-refractivity contribution is -0.0520. The molecule has 27 heavy (non-hydrogen) atoms. The van der Waals surface area contributed by atoms with Crippen LogP contribution in [0.1, 0.15) is 12.8 Å². The van der Waals surface area contributed by atoms with E-state index in [1.54, 1.807) is 24.3 Å². The third-order valence-corrected chi connectivity index (χ3v) is 8.19. The molecule has 6 nitrogen and oxygen atoms in total. The third kappa shape index (κ3) is 4.38. The van der Waals surface area contributed by atoms with E-state index < -0.39 is 9.84 Å². The van der Waals surface area contributed by atoms with Gasteiger partial charge in [-0.05, 0) is 36.8 Å². The molecule has 4 atom stereocenters. The number of rotatable bonds is 5. The number of sulfone groups is 1. The molecule has 7 heteroatoms. The van der Waals surface area contributed by atoms with Crippen LogP contribution in [0.4, 0.5) is 0 Å². The van der Waals surface area contributed by atoms with E-state index in [1.165, 1.54) is 0 Å². The molecule has 1 aliphatic carbocycles. The first-order valence-electron chi connectivity index (χ1n) is 10.0. The molecule has 0 bridgehead atoms. The van der Waals surface area contributed by atoms with Crippen LogP contribution >= 0.6 is 0 Å². The first-order chi connectivity index (χ1) is 13.0. The summed E-state index contributed by atoms with van der Waals surface area (Å²) in [4.78, 5) is 5.07. The normalized spacial score (nSPS) is 33.1. The molecule has 2 heterocycles. The van der Waals surface area contributed by atoms with Gasteiger partial charge in [0.1, 0.15) is 0 Å². The summed E-state index contributed by atoms with van der Waals surface area (Å²) in [5.41, 5.74) is 0. The summed E-state index contributed by atoms with van der Waals surface area (Å²) in [5, 5.41) is 10.7. The Kier molecular flexibility index (Phi) is 5.85. The molecule has 0 radical (unpaired) electrons. The SMILES string of the molecule is O=S(=O)(CCN1C[C@H]2C[C@@H](N3CCOCC3)[C@H](O)C[C@H]2C1)c1ccccc1. The predicted octanol–water partition coefficient (Wildman–Crippen LogP) is 0.864. The lowest BCUT2D eigenvalue weighted by Crippen LogP contribution is -2.53. The van der Waals surface area contributed by atoms with Crippen molar-refractivity contribution < 1.29 is 18.3 Å². The molecule has 1 aromatic rings. The minimum Gasteiger partial charge on any atom is -0.391 e. The molecule has 0 spiro atoms. The molecule has 2 aliphatic heterocycles. The zero-order chi connectivity index (χ0) is 18.9. The maximum atomic E-state index is 12.5. The van der Waals surface area contributed by atoms with E-state index in [0.29, 0.717) is 23.3 Å². The molecule has 0 amide bonds. The summed E-state index contributed by atoms with van der Waals surface area (Å²) in [7, 11) is -3.23. The van der Waals surface area contributed by atoms with Gasteiger partial charge in [-0.15, -0.1) is 0 Å². The van der Waals surface area contributed by atoms with Gasteiger partial charge in [0.05, 0.1) is 30.0 Å². The molecular formula is C20H30N2O4S. The summed E-state index contributed by atoms with van der Waals surface area (Å²) < 4.78 is 30.5. The molecule has 4 rings (SSSR count). The fraction of sp³-hybridized carbons (Fsp3) is 0.700. The number of hydrogen-bond acceptors (Lipinski definition) is 6. The second-order valence-electron chi connectivity index (χ2n) is 8.17. The Bertz CT molecular complexity index is 721. The molecule has 0 aromatic heterocycles. The number of benzene rings is 1. The number of likely N-dealkylation sites (tertiary alicyclic amines) is 1. The highest BCUT2D eigenvalue weighted by Crippen LogP contribution is 2.38. The highest BCUT2D eigenvalue weighted by atomic mass is 32.2. The standard InChI is InChI=1S/C20H30N2O4S/c23-20-13-17-15-21(8-11-27(24,25)18-4-2-1-3-5-18)14-16(17)12-19(20)22-6-9-26-10-7-22/h1-5,16-17,19-20,23H,6-15H2/t16-,17+,19-,20-/m1/s1. The summed E-state index contributed by atoms with van der Waals surface area (Å²) in [6, 6.07) is 8.93. The van der Waals surface area contributed by atoms with Crippen LogP contribution < -0.4 is 0 Å². The van der Waals surface area contributed by atoms with E-state index in [-0.39, 0.29) is 17.9 Å². The van der Waals surface area contributed by atoms with Crippen molar-refractivity contribution in [3.05, 3.63) is 30.3 Å². The molecule has 3 fully saturated rings. The van der Waals surface area contributed by atoms with Gasteiger partial charge in [0.15, 0.2) is 9.84 Å². The van der Waals surface area contributed by atoms with Crippen molar-refractivity contribution in [2.24, 2.45) is 11.8 Å². The van der Waals surface area contributed by atoms with Gasteiger partial charge in [-0.3, -0.25) is 4.90 Å². The third-order valence-electron chi connectivity index (χ3n) is 6.48. The van der Waals surface area contributed by atoms with Crippen LogP contribution in [0.25, 0.3) is 0 Å². The maximum Gasteiger partial charge on any atom is 0.179 e. The van der Waals surface area contributed by atoms with E-state index >= 15 is 0 Å². The van der Waals surface area contributed by atoms with Crippen molar-refractivity contribution in [2.45, 2.75) is 29.9 Å². The highest BCUT2D eigenvalue weighted by molar-refractivity contribution is 7.91. The van der Waals surface area contributed by atoms with Gasteiger partial charge in [0.25, 0.3) is 0 Å². The van der Waals surface area contributed by atoms with Gasteiger partial charge in [0, 0.05) is 38.8 Å². The number of nitrogens with zero attached hydrogens (tertiary/aromatic N) is 2. The number of aliphatic hydroxyl groups excluding tert-OH is 1. The minimum atomic E-state index is -3.23. The van der Waals surface area contributed by atoms with Crippen LogP contribution in [0, 0.1) is 11.8 Å². The Hall–Kier alpha value is -0.990. The van der Waals surface area contributed by atoms with E-state index in [1.807, 2.05) is 6.07 Å². The maximum absolute atomic E-state index is 12.5. The van der Waals surface area contributed by atoms with Crippen LogP contribution in [0.3, 0.4) is 0 Å². The average molecular weight is 395 g/mol. The van der Waals surface area contributed by atoms with Crippen molar-refractivity contribution in [3.8, 4) is 0 Å². The molecule has 0 unspecified atom stereocenters. The number of fused-ring (bicyclic) bond motifs is 1. The molecule has 150 valence electrons. The first-order valence-corrected chi connectivity index (χ1v) is 11.7. The van der Waals surface area contributed by atoms with Gasteiger partial charge in [-0.25, -0.2) is 8.42 Å². The lowest BCUT2D eigenvalue weighted by Gasteiger charge is -2.43. The predicted molar refractivity (Wildman–Crippen MR) is 103 cm³/mol. The molecule has 2 saturated heterocycles. The average Bonchev–Trinajstić information content (AvgIpc) is 3.09. The van der Waals surface area contributed by atoms with Crippen molar-refractivity contribution in [1.29, 1.82) is 0 Å². The van der Waals surface area contributed by atoms with Crippen LogP contribution in [0.5, 0.6) is 0 Å². The van der Waals surface area contributed by atoms with Crippen LogP contribution in [0.2, 0.25) is 0 Å². The van der Waals surface area contributed by atoms with Crippen LogP contribution in [-0.2, 0) is 14.6 Å². The Morgan fingerprint density at radius 1 is 1.04 bits per heavy atom. The molecule has 3 aliphatic rings. The Morgan fingerprint density at radius 3 is 2.41 bits per heavy atom. The summed E-state index contributed by atoms with van der Waals surface area (Å²) in [6.45, 7) is 5.73. The van der Waals surface area contributed by atoms with Gasteiger partial charge >= 0.3 is 0 Å². The van der Waals surface area contributed by atoms with Crippen LogP contribution in [-0.4, -0.2) is 87.2 Å². The molecule has 1 N–H and O–H groups in total. The zero-order valence-corrected chi connectivity index (χ0v) is 16.6. The number of hydrogen-bond donors (Lipinski definition) is 1. The topological polar surface area (TPSA) is 70.1 Å². The number of morpholine rings is 1. The van der Waals surface area contributed by atoms with Crippen molar-refractivity contribution in [3.63, 3.8) is 0 Å². The van der Waals surface area contributed by atoms with Crippen LogP contribution in [0.15, 0.2) is 35.2 Å². The largest absolute Gasteiger partial charge is 0.391 e. The first kappa shape index (κ1) is 19.3. The summed E-state index contributed by atoms with van der Waals surface area (Å²) in [6.07, 6.45) is 1.56. The zero-order valence-electron chi connectivity index (χ0n) is 15.7. The molecule has 1 aromatic carbocycles. The van der Waals surface area contributed by atoms with Gasteiger partial charge in [-0.1, -0.05) is 18.2 Å². The quantitative estimate of drug-likeness (QED) is 0.799. The van der Waals surface area contributed by atoms with E-state index in [2.05, 4.69) is 9.80 Å².